The molecule has 1 heterocycles. The van der Waals surface area contributed by atoms with Crippen LogP contribution in [0.2, 0.25) is 5.02 Å². The second kappa shape index (κ2) is 7.33. The molecule has 116 valence electrons. The summed E-state index contributed by atoms with van der Waals surface area (Å²) in [7, 11) is 0. The van der Waals surface area contributed by atoms with Crippen LogP contribution in [-0.4, -0.2) is 10.6 Å². The molecule has 0 amide bonds. The van der Waals surface area contributed by atoms with E-state index >= 15 is 0 Å². The number of hydrogen-bond acceptors (Lipinski definition) is 1. The minimum atomic E-state index is 0.495. The Kier molecular flexibility index (Phi) is 5.72. The van der Waals surface area contributed by atoms with E-state index in [2.05, 4.69) is 55.9 Å². The number of hydrogen-bond donors (Lipinski definition) is 1. The van der Waals surface area contributed by atoms with E-state index in [4.69, 9.17) is 11.6 Å². The third kappa shape index (κ3) is 4.24. The summed E-state index contributed by atoms with van der Waals surface area (Å²) in [5.74, 6) is 0.690. The van der Waals surface area contributed by atoms with Crippen molar-refractivity contribution in [1.29, 1.82) is 0 Å². The number of nitrogens with one attached hydrogen (secondary N) is 1. The Labute approximate surface area is 133 Å². The highest BCUT2D eigenvalue weighted by atomic mass is 35.5. The second-order valence-electron chi connectivity index (χ2n) is 6.40. The average Bonchev–Trinajstić information content (AvgIpc) is 2.74. The van der Waals surface area contributed by atoms with Crippen molar-refractivity contribution in [3.8, 4) is 0 Å². The summed E-state index contributed by atoms with van der Waals surface area (Å²) in [6, 6.07) is 6.72. The van der Waals surface area contributed by atoms with E-state index in [1.807, 2.05) is 6.07 Å². The van der Waals surface area contributed by atoms with Crippen LogP contribution in [-0.2, 0) is 13.1 Å². The van der Waals surface area contributed by atoms with E-state index in [9.17, 15) is 0 Å². The van der Waals surface area contributed by atoms with Crippen LogP contribution in [0.3, 0.4) is 0 Å². The normalized spacial score (nSPS) is 13.2. The zero-order chi connectivity index (χ0) is 15.4. The summed E-state index contributed by atoms with van der Waals surface area (Å²) >= 11 is 6.20. The maximum Gasteiger partial charge on any atom is 0.0498 e. The average molecular weight is 307 g/mol. The number of nitrogens with zero attached hydrogens (tertiary/aromatic N) is 1. The number of rotatable bonds is 7. The Morgan fingerprint density at radius 2 is 2.00 bits per heavy atom. The molecule has 1 unspecified atom stereocenters. The van der Waals surface area contributed by atoms with Gasteiger partial charge >= 0.3 is 0 Å². The van der Waals surface area contributed by atoms with Crippen molar-refractivity contribution in [3.63, 3.8) is 0 Å². The molecular formula is C18H27ClN2. The van der Waals surface area contributed by atoms with Crippen molar-refractivity contribution in [2.45, 2.75) is 59.7 Å². The monoisotopic (exact) mass is 306 g/mol. The van der Waals surface area contributed by atoms with Crippen LogP contribution in [0.1, 0.15) is 46.1 Å². The van der Waals surface area contributed by atoms with Crippen molar-refractivity contribution in [2.24, 2.45) is 5.92 Å². The summed E-state index contributed by atoms with van der Waals surface area (Å²) in [5, 5.41) is 5.64. The van der Waals surface area contributed by atoms with E-state index in [1.165, 1.54) is 29.3 Å². The Morgan fingerprint density at radius 1 is 1.24 bits per heavy atom. The molecule has 1 N–H and O–H groups in total. The lowest BCUT2D eigenvalue weighted by Gasteiger charge is -2.12. The zero-order valence-corrected chi connectivity index (χ0v) is 14.4. The summed E-state index contributed by atoms with van der Waals surface area (Å²) in [5.41, 5.74) is 2.62. The fourth-order valence-electron chi connectivity index (χ4n) is 2.87. The van der Waals surface area contributed by atoms with Crippen LogP contribution in [0.25, 0.3) is 10.9 Å². The van der Waals surface area contributed by atoms with Gasteiger partial charge in [-0.1, -0.05) is 51.8 Å². The Hall–Kier alpha value is -0.990. The molecule has 0 aliphatic heterocycles. The molecule has 21 heavy (non-hydrogen) atoms. The first-order chi connectivity index (χ1) is 10.0. The minimum absolute atomic E-state index is 0.495. The van der Waals surface area contributed by atoms with Gasteiger partial charge in [-0.05, 0) is 30.0 Å². The fraction of sp³-hybridized carbons (Fsp3) is 0.556. The van der Waals surface area contributed by atoms with Crippen LogP contribution in [0.4, 0.5) is 0 Å². The fourth-order valence-corrected chi connectivity index (χ4v) is 3.03. The molecule has 0 fully saturated rings. The van der Waals surface area contributed by atoms with Gasteiger partial charge < -0.3 is 9.88 Å². The van der Waals surface area contributed by atoms with Gasteiger partial charge in [-0.25, -0.2) is 0 Å². The van der Waals surface area contributed by atoms with E-state index in [0.29, 0.717) is 12.0 Å². The zero-order valence-electron chi connectivity index (χ0n) is 13.6. The van der Waals surface area contributed by atoms with Crippen LogP contribution in [0, 0.1) is 5.92 Å². The van der Waals surface area contributed by atoms with Crippen molar-refractivity contribution in [3.05, 3.63) is 35.0 Å². The quantitative estimate of drug-likeness (QED) is 0.741. The number of halogens is 1. The first kappa shape index (κ1) is 16.4. The molecule has 2 rings (SSSR count). The van der Waals surface area contributed by atoms with Gasteiger partial charge in [-0.15, -0.1) is 0 Å². The lowest BCUT2D eigenvalue weighted by atomic mass is 10.1. The molecule has 0 radical (unpaired) electrons. The third-order valence-electron chi connectivity index (χ3n) is 3.92. The summed E-state index contributed by atoms with van der Waals surface area (Å²) < 4.78 is 2.37. The van der Waals surface area contributed by atoms with Crippen molar-refractivity contribution in [1.82, 2.24) is 9.88 Å². The molecule has 0 spiro atoms. The molecule has 2 nitrogen and oxygen atoms in total. The highest BCUT2D eigenvalue weighted by molar-refractivity contribution is 6.31. The number of fused-ring (bicyclic) bond motifs is 1. The molecule has 0 aliphatic carbocycles. The summed E-state index contributed by atoms with van der Waals surface area (Å²) in [4.78, 5) is 0. The van der Waals surface area contributed by atoms with Gasteiger partial charge in [0.25, 0.3) is 0 Å². The third-order valence-corrected chi connectivity index (χ3v) is 4.15. The van der Waals surface area contributed by atoms with Crippen LogP contribution >= 0.6 is 11.6 Å². The Balaban J connectivity index is 2.32. The van der Waals surface area contributed by atoms with Gasteiger partial charge in [0, 0.05) is 41.3 Å². The highest BCUT2D eigenvalue weighted by Gasteiger charge is 2.11. The van der Waals surface area contributed by atoms with Gasteiger partial charge in [-0.3, -0.25) is 0 Å². The predicted molar refractivity (Wildman–Crippen MR) is 93.0 cm³/mol. The molecule has 0 bridgehead atoms. The van der Waals surface area contributed by atoms with Crippen molar-refractivity contribution < 1.29 is 0 Å². The van der Waals surface area contributed by atoms with Crippen LogP contribution in [0.5, 0.6) is 0 Å². The predicted octanol–water partition coefficient (Wildman–Crippen LogP) is 5.23. The maximum atomic E-state index is 6.20. The smallest absolute Gasteiger partial charge is 0.0498 e. The molecule has 2 aromatic rings. The van der Waals surface area contributed by atoms with Gasteiger partial charge in [0.05, 0.1) is 0 Å². The van der Waals surface area contributed by atoms with Gasteiger partial charge in [0.1, 0.15) is 0 Å². The Morgan fingerprint density at radius 3 is 2.67 bits per heavy atom. The van der Waals surface area contributed by atoms with E-state index < -0.39 is 0 Å². The van der Waals surface area contributed by atoms with E-state index in [1.54, 1.807) is 0 Å². The minimum Gasteiger partial charge on any atom is -0.347 e. The molecule has 3 heteroatoms. The molecule has 0 aliphatic rings. The lowest BCUT2D eigenvalue weighted by molar-refractivity contribution is 0.452. The first-order valence-electron chi connectivity index (χ1n) is 8.02. The van der Waals surface area contributed by atoms with Crippen molar-refractivity contribution in [2.75, 3.05) is 0 Å². The van der Waals surface area contributed by atoms with Crippen molar-refractivity contribution >= 4 is 22.5 Å². The van der Waals surface area contributed by atoms with Gasteiger partial charge in [0.15, 0.2) is 0 Å². The molecule has 0 saturated heterocycles. The van der Waals surface area contributed by atoms with E-state index in [0.717, 1.165) is 18.1 Å². The topological polar surface area (TPSA) is 17.0 Å². The van der Waals surface area contributed by atoms with Gasteiger partial charge in [0.2, 0.25) is 0 Å². The number of aromatic nitrogens is 1. The number of benzene rings is 1. The molecule has 0 saturated carbocycles. The molecular weight excluding hydrogens is 280 g/mol. The first-order valence-corrected chi connectivity index (χ1v) is 8.39. The SMILES string of the molecule is CCCC(C)Cn1cc(CNC(C)C)c2ccc(Cl)cc21. The summed E-state index contributed by atoms with van der Waals surface area (Å²) in [6.07, 6.45) is 4.80. The second-order valence-corrected chi connectivity index (χ2v) is 6.83. The largest absolute Gasteiger partial charge is 0.347 e. The van der Waals surface area contributed by atoms with Crippen LogP contribution in [0.15, 0.2) is 24.4 Å². The highest BCUT2D eigenvalue weighted by Crippen LogP contribution is 2.26. The molecule has 1 atom stereocenters. The lowest BCUT2D eigenvalue weighted by Crippen LogP contribution is -2.21. The standard InChI is InChI=1S/C18H27ClN2/c1-5-6-14(4)11-21-12-15(10-20-13(2)3)17-8-7-16(19)9-18(17)21/h7-9,12-14,20H,5-6,10-11H2,1-4H3. The Bertz CT molecular complexity index is 586. The van der Waals surface area contributed by atoms with Gasteiger partial charge in [-0.2, -0.15) is 0 Å². The van der Waals surface area contributed by atoms with Crippen LogP contribution < -0.4 is 5.32 Å². The van der Waals surface area contributed by atoms with E-state index in [-0.39, 0.29) is 0 Å². The summed E-state index contributed by atoms with van der Waals surface area (Å²) in [6.45, 7) is 10.9. The molecule has 1 aromatic carbocycles. The maximum absolute atomic E-state index is 6.20. The molecule has 1 aromatic heterocycles.